The van der Waals surface area contributed by atoms with E-state index >= 15 is 0 Å². The first kappa shape index (κ1) is 141. The van der Waals surface area contributed by atoms with E-state index in [0.717, 1.165) is 7.11 Å². The Hall–Kier alpha value is -8.63. The molecule has 48 nitrogen and oxygen atoms in total. The first-order valence-electron chi connectivity index (χ1n) is 48.1. The van der Waals surface area contributed by atoms with Crippen molar-refractivity contribution in [2.45, 2.75) is 352 Å². The summed E-state index contributed by atoms with van der Waals surface area (Å²) in [6.45, 7) is 28.6. The summed E-state index contributed by atoms with van der Waals surface area (Å²) in [5, 5.41) is 160. The maximum absolute atomic E-state index is 12.7. The second-order valence-corrected chi connectivity index (χ2v) is 37.4. The van der Waals surface area contributed by atoms with Gasteiger partial charge in [0.25, 0.3) is 28.9 Å². The number of nitrogens with two attached hydrogens (primary N) is 1. The normalized spacial score (nSPS) is 31.7. The van der Waals surface area contributed by atoms with Gasteiger partial charge in [-0.1, -0.05) is 102 Å². The largest absolute Gasteiger partial charge is 0.477 e. The van der Waals surface area contributed by atoms with Crippen LogP contribution in [-0.4, -0.2) is 383 Å². The minimum Gasteiger partial charge on any atom is -0.477 e. The van der Waals surface area contributed by atoms with Gasteiger partial charge >= 0.3 is 65.7 Å². The molecule has 0 saturated carbocycles. The Labute approximate surface area is 869 Å². The van der Waals surface area contributed by atoms with Gasteiger partial charge in [-0.05, 0) is 19.8 Å². The number of carbonyl (C=O) groups excluding carboxylic acids is 10. The maximum Gasteiger partial charge on any atom is 0.366 e. The second kappa shape index (κ2) is 68.4. The number of rotatable bonds is 39. The van der Waals surface area contributed by atoms with Crippen LogP contribution < -0.4 is 5.90 Å². The molecule has 24 unspecified atom stereocenters. The van der Waals surface area contributed by atoms with E-state index in [0.29, 0.717) is 19.3 Å². The summed E-state index contributed by atoms with van der Waals surface area (Å²) in [4.78, 5) is 142. The molecule has 6 fully saturated rings. The predicted molar refractivity (Wildman–Crippen MR) is 516 cm³/mol. The molecule has 852 valence electrons. The molecule has 6 rings (SSSR count). The molecule has 36 atom stereocenters. The third kappa shape index (κ3) is 42.4. The lowest BCUT2D eigenvalue weighted by Gasteiger charge is -2.47. The highest BCUT2D eigenvalue weighted by atomic mass is 35.5. The Morgan fingerprint density at radius 3 is 0.980 bits per heavy atom. The summed E-state index contributed by atoms with van der Waals surface area (Å²) in [5.74, 6) is -11.5. The Morgan fingerprint density at radius 2 is 0.682 bits per heavy atom. The highest BCUT2D eigenvalue weighted by molar-refractivity contribution is 6.32. The molecular formula is C99H162ClNO47. The minimum atomic E-state index is -2.63. The molecule has 0 radical (unpaired) electrons. The first-order valence-corrected chi connectivity index (χ1v) is 48.5. The zero-order chi connectivity index (χ0) is 115. The quantitative estimate of drug-likeness (QED) is 0.00966. The lowest BCUT2D eigenvalue weighted by Crippen LogP contribution is -2.60. The number of ether oxygens (including phenoxy) is 17. The highest BCUT2D eigenvalue weighted by Crippen LogP contribution is 2.47. The topological polar surface area (TPSA) is 741 Å². The average molecular weight is 2150 g/mol. The monoisotopic (exact) mass is 2150 g/mol. The van der Waals surface area contributed by atoms with Crippen molar-refractivity contribution >= 4 is 83.0 Å². The van der Waals surface area contributed by atoms with Gasteiger partial charge in [-0.2, -0.15) is 5.90 Å². The molecule has 6 aliphatic heterocycles. The number of terminal acetylenes is 4. The average Bonchev–Trinajstić information content (AvgIpc) is 0.793. The highest BCUT2D eigenvalue weighted by Gasteiger charge is 2.61. The number of Topliss-reactive ketones (excluding diaryl/α,β-unsaturated/α-hetero) is 1. The van der Waals surface area contributed by atoms with Gasteiger partial charge in [0.1, 0.15) is 30.2 Å². The van der Waals surface area contributed by atoms with Crippen LogP contribution in [0.3, 0.4) is 0 Å². The number of carboxylic acids is 2. The van der Waals surface area contributed by atoms with Gasteiger partial charge in [0.05, 0.1) is 179 Å². The van der Waals surface area contributed by atoms with E-state index in [1.807, 2.05) is 41.5 Å². The van der Waals surface area contributed by atoms with E-state index < -0.39 is 290 Å². The van der Waals surface area contributed by atoms with Crippen LogP contribution in [0.25, 0.3) is 0 Å². The predicted octanol–water partition coefficient (Wildman–Crippen LogP) is 0.0646. The van der Waals surface area contributed by atoms with E-state index in [4.69, 9.17) is 144 Å². The molecule has 0 aromatic heterocycles. The number of carbonyl (C=O) groups is 12. The third-order valence-corrected chi connectivity index (χ3v) is 26.4. The maximum atomic E-state index is 12.7. The van der Waals surface area contributed by atoms with E-state index in [-0.39, 0.29) is 107 Å². The van der Waals surface area contributed by atoms with Crippen LogP contribution in [0, 0.1) is 120 Å². The van der Waals surface area contributed by atoms with Gasteiger partial charge in [0, 0.05) is 158 Å². The van der Waals surface area contributed by atoms with Crippen molar-refractivity contribution in [3.63, 3.8) is 0 Å². The Kier molecular flexibility index (Phi) is 65.4. The number of aliphatic hydroxyl groups excluding tert-OH is 13. The summed E-state index contributed by atoms with van der Waals surface area (Å²) in [5.41, 5.74) is 0. The van der Waals surface area contributed by atoms with E-state index in [9.17, 15) is 114 Å². The summed E-state index contributed by atoms with van der Waals surface area (Å²) in [7, 11) is 4.74. The molecule has 148 heavy (non-hydrogen) atoms. The smallest absolute Gasteiger partial charge is 0.366 e. The fraction of sp³-hybridized carbons (Fsp3) is 0.798. The molecule has 6 heterocycles. The van der Waals surface area contributed by atoms with Gasteiger partial charge in [-0.15, -0.1) is 49.4 Å². The van der Waals surface area contributed by atoms with Gasteiger partial charge in [-0.3, -0.25) is 28.8 Å². The van der Waals surface area contributed by atoms with E-state index in [1.165, 1.54) is 69.8 Å². The number of aliphatic carboxylic acids is 2. The molecule has 0 aromatic rings. The number of halogens is 1. The number of methoxy groups -OCH3 is 4. The molecule has 6 aliphatic rings. The Morgan fingerprint density at radius 1 is 0.385 bits per heavy atom. The number of aliphatic hydroxyl groups is 15. The van der Waals surface area contributed by atoms with Crippen LogP contribution in [-0.2, 0) is 143 Å². The summed E-state index contributed by atoms with van der Waals surface area (Å²) < 4.78 is 91.0. The van der Waals surface area contributed by atoms with Gasteiger partial charge in [0.15, 0.2) is 0 Å². The fourth-order valence-electron chi connectivity index (χ4n) is 17.1. The van der Waals surface area contributed by atoms with Gasteiger partial charge < -0.3 is 172 Å². The number of ketones is 1. The van der Waals surface area contributed by atoms with Crippen molar-refractivity contribution in [2.24, 2.45) is 76.9 Å². The summed E-state index contributed by atoms with van der Waals surface area (Å²) in [6.07, 6.45) is 5.78. The van der Waals surface area contributed by atoms with Crippen LogP contribution in [0.15, 0.2) is 0 Å². The second-order valence-electron chi connectivity index (χ2n) is 36.8. The molecular weight excluding hydrogens is 1990 g/mol. The zero-order valence-electron chi connectivity index (χ0n) is 88.6. The van der Waals surface area contributed by atoms with Crippen LogP contribution in [0.2, 0.25) is 0 Å². The number of esters is 8. The van der Waals surface area contributed by atoms with Crippen molar-refractivity contribution in [3.05, 3.63) is 0 Å². The summed E-state index contributed by atoms with van der Waals surface area (Å²) >= 11 is 6.37. The molecule has 0 aromatic carbocycles. The van der Waals surface area contributed by atoms with Crippen LogP contribution in [0.4, 0.5) is 0 Å². The molecule has 49 heteroatoms. The van der Waals surface area contributed by atoms with Crippen molar-refractivity contribution < 1.29 is 230 Å². The number of hydrogen-bond donors (Lipinski definition) is 18. The van der Waals surface area contributed by atoms with Crippen LogP contribution in [0.1, 0.15) is 209 Å². The van der Waals surface area contributed by atoms with Crippen LogP contribution >= 0.6 is 11.6 Å². The van der Waals surface area contributed by atoms with Crippen molar-refractivity contribution in [3.8, 4) is 49.4 Å². The number of alkyl halides is 1. The zero-order valence-corrected chi connectivity index (χ0v) is 89.3. The van der Waals surface area contributed by atoms with E-state index in [1.54, 1.807) is 41.5 Å². The molecule has 0 aliphatic carbocycles. The molecule has 19 N–H and O–H groups in total. The van der Waals surface area contributed by atoms with Crippen molar-refractivity contribution in [1.29, 1.82) is 0 Å². The Balaban J connectivity index is 0. The molecule has 6 saturated heterocycles. The fourth-order valence-corrected chi connectivity index (χ4v) is 17.4. The van der Waals surface area contributed by atoms with Crippen molar-refractivity contribution in [2.75, 3.05) is 81.3 Å². The molecule has 0 bridgehead atoms. The van der Waals surface area contributed by atoms with Gasteiger partial charge in [-0.25, -0.2) is 28.8 Å². The number of carboxylic acid groups (broad SMARTS) is 2. The lowest BCUT2D eigenvalue weighted by molar-refractivity contribution is -0.313. The standard InChI is InChI=1S/C21H32O8.C17H27ClO7.C16H26O7.C15H24O7.C12H20O8.C12H22O7.C4H6O.C2H5NO2/c1-8-10-11-26-21(20(24)25-7)12-18(28-16(6)23)14(4)19(29-21)13(3)17(9-2)27-15(5)22;1-7-13(23-11(4)19)9(2)15-10(3)14(24-12(5)20)8-17(18,25-15)16(21)22-6;1-5-6-7-22-16(15(20)21-4)8-12(18)10(2)14(23-16)11(3)13(19)9-17;1-4-5-6-21-15(14(19)20)7-11(17)9(2)13(22-15)10(3)12(18)8-16;1-5(8(16)4-13)10-9(6(2)14)7(15)3-12(19,20-10)11(17)18;1-6-8(14)4-12(17,11(16)18-3)19-10(6)7(2)9(15)5-13;1-2-3-4-5;1-2(4)5-3/h1,13-14,17-19H,9-12H2,2-7H3;9-10,13-15H,7-8H2,1-6H3;1,10-14,17-19H,6-9H2,2-4H3;1,9-13,16-18H,5-8H2,2-3H3,(H,19,20);5,7-10,13,15-16,19H,3-4H2,1-2H3,(H,17,18);6-10,13-15,17H,4-5H2,1-3H3;1,5H,3-4H2;3H2,1H3/t13-,14?,17-,18?,19?,21?;9-,10?,13-,14?,15?,17?;10?,11-,12?,13-,14?,16?;9?,10-,11?,12-,13?,15?;5-,7?,8-,9?,10?,12?;6?,7-,8?,9-,10?,12?;;/m111111../s1. The van der Waals surface area contributed by atoms with Crippen molar-refractivity contribution in [1.82, 2.24) is 0 Å². The minimum absolute atomic E-state index is 0.0183. The first-order chi connectivity index (χ1) is 68.9. The molecule has 0 amide bonds. The van der Waals surface area contributed by atoms with E-state index in [2.05, 4.69) is 39.2 Å². The SMILES string of the molecule is C#CCCO.C#CCCOC1(C(=O)O)CC(O)C(C)C([C@H](C)[C@H](O)CO)O1.C#CCCOC1(C(=O)OC)CC(O)C(C)C([C@H](C)[C@H](O)CO)O1.C#CCCOC1(C(=O)OC)CC(OC(C)=O)C(C)C([C@H](C)[C@@H](CC)OC(C)=O)O1.CC(=O)C1C(O)CC(O)(C(=O)O)OC1[C@H](C)[C@H](O)CO.CC(=O)ON.CC[C@@H](OC(C)=O)[C@@H](C)C1OC(Cl)(C(=O)OC)CC(OC(C)=O)C1C.COC(=O)C1(O)CC(O)C(C)C([C@H](C)[C@H](O)CO)O1. The van der Waals surface area contributed by atoms with Crippen LogP contribution in [0.5, 0.6) is 0 Å². The third-order valence-electron chi connectivity index (χ3n) is 26.0. The lowest BCUT2D eigenvalue weighted by atomic mass is 9.78. The Bertz CT molecular complexity index is 4240. The number of hydrogen-bond acceptors (Lipinski definition) is 46. The molecule has 0 spiro atoms. The summed E-state index contributed by atoms with van der Waals surface area (Å²) in [6, 6.07) is 0. The van der Waals surface area contributed by atoms with Gasteiger partial charge in [0.2, 0.25) is 5.06 Å².